The quantitative estimate of drug-likeness (QED) is 0.284. The summed E-state index contributed by atoms with van der Waals surface area (Å²) in [5, 5.41) is 2.63. The SMILES string of the molecule is C=C(/C=C(\C)C=O)NC(=O)CCCOc1cc2c(cc1OC)C(=O)N1CCCC1C=N2. The number of nitrogens with zero attached hydrogens (tertiary/aromatic N) is 2. The van der Waals surface area contributed by atoms with Crippen LogP contribution in [0.3, 0.4) is 0 Å². The molecule has 1 aromatic rings. The summed E-state index contributed by atoms with van der Waals surface area (Å²) < 4.78 is 11.2. The van der Waals surface area contributed by atoms with Crippen molar-refractivity contribution in [2.45, 2.75) is 38.6 Å². The molecule has 2 heterocycles. The molecule has 8 nitrogen and oxygen atoms in total. The Morgan fingerprint density at radius 1 is 1.39 bits per heavy atom. The second-order valence-corrected chi connectivity index (χ2v) is 7.54. The molecule has 1 unspecified atom stereocenters. The van der Waals surface area contributed by atoms with Crippen molar-refractivity contribution in [2.24, 2.45) is 4.99 Å². The molecule has 8 heteroatoms. The van der Waals surface area contributed by atoms with E-state index in [9.17, 15) is 14.4 Å². The van der Waals surface area contributed by atoms with E-state index in [0.29, 0.717) is 46.7 Å². The topological polar surface area (TPSA) is 97.3 Å². The van der Waals surface area contributed by atoms with E-state index in [2.05, 4.69) is 16.9 Å². The summed E-state index contributed by atoms with van der Waals surface area (Å²) in [7, 11) is 1.52. The molecule has 3 rings (SSSR count). The molecule has 0 saturated carbocycles. The zero-order valence-electron chi connectivity index (χ0n) is 17.8. The van der Waals surface area contributed by atoms with Crippen LogP contribution in [0.4, 0.5) is 5.69 Å². The summed E-state index contributed by atoms with van der Waals surface area (Å²) in [5.41, 5.74) is 1.90. The fourth-order valence-electron chi connectivity index (χ4n) is 3.62. The van der Waals surface area contributed by atoms with Gasteiger partial charge in [-0.05, 0) is 43.9 Å². The number of nitrogens with one attached hydrogen (secondary N) is 1. The summed E-state index contributed by atoms with van der Waals surface area (Å²) in [6.07, 6.45) is 6.62. The molecule has 1 atom stereocenters. The number of carbonyl (C=O) groups is 3. The highest BCUT2D eigenvalue weighted by molar-refractivity contribution is 6.03. The van der Waals surface area contributed by atoms with Gasteiger partial charge in [-0.3, -0.25) is 19.4 Å². The average molecular weight is 425 g/mol. The number of aliphatic imine (C=N–C) groups is 1. The molecule has 1 saturated heterocycles. The highest BCUT2D eigenvalue weighted by atomic mass is 16.5. The fraction of sp³-hybridized carbons (Fsp3) is 0.391. The van der Waals surface area contributed by atoms with Crippen LogP contribution in [-0.4, -0.2) is 55.5 Å². The first-order valence-electron chi connectivity index (χ1n) is 10.2. The Kier molecular flexibility index (Phi) is 7.23. The second kappa shape index (κ2) is 10.1. The highest BCUT2D eigenvalue weighted by Gasteiger charge is 2.32. The van der Waals surface area contributed by atoms with Crippen LogP contribution in [0.5, 0.6) is 11.5 Å². The lowest BCUT2D eigenvalue weighted by atomic mass is 10.1. The van der Waals surface area contributed by atoms with E-state index in [1.165, 1.54) is 13.2 Å². The van der Waals surface area contributed by atoms with Crippen LogP contribution in [0.25, 0.3) is 0 Å². The number of hydrogen-bond donors (Lipinski definition) is 1. The average Bonchev–Trinajstić information content (AvgIpc) is 3.18. The normalized spacial score (nSPS) is 17.5. The molecule has 0 radical (unpaired) electrons. The molecular weight excluding hydrogens is 398 g/mol. The van der Waals surface area contributed by atoms with Crippen LogP contribution in [0.2, 0.25) is 0 Å². The van der Waals surface area contributed by atoms with E-state index in [1.54, 1.807) is 19.1 Å². The van der Waals surface area contributed by atoms with Gasteiger partial charge in [-0.2, -0.15) is 0 Å². The molecule has 2 amide bonds. The maximum Gasteiger partial charge on any atom is 0.256 e. The summed E-state index contributed by atoms with van der Waals surface area (Å²) in [4.78, 5) is 41.8. The molecule has 164 valence electrons. The number of methoxy groups -OCH3 is 1. The summed E-state index contributed by atoms with van der Waals surface area (Å²) in [6.45, 7) is 6.34. The monoisotopic (exact) mass is 425 g/mol. The van der Waals surface area contributed by atoms with Crippen molar-refractivity contribution in [1.29, 1.82) is 0 Å². The number of benzene rings is 1. The van der Waals surface area contributed by atoms with Crippen molar-refractivity contribution in [1.82, 2.24) is 10.2 Å². The van der Waals surface area contributed by atoms with Gasteiger partial charge >= 0.3 is 0 Å². The van der Waals surface area contributed by atoms with Crippen molar-refractivity contribution >= 4 is 30.0 Å². The molecule has 0 bridgehead atoms. The van der Waals surface area contributed by atoms with Crippen LogP contribution in [0.1, 0.15) is 43.0 Å². The number of hydrogen-bond acceptors (Lipinski definition) is 6. The number of fused-ring (bicyclic) bond motifs is 2. The van der Waals surface area contributed by atoms with Crippen molar-refractivity contribution in [3.63, 3.8) is 0 Å². The van der Waals surface area contributed by atoms with E-state index in [1.807, 2.05) is 11.1 Å². The number of ether oxygens (including phenoxy) is 2. The van der Waals surface area contributed by atoms with Crippen molar-refractivity contribution in [2.75, 3.05) is 20.3 Å². The van der Waals surface area contributed by atoms with Gasteiger partial charge in [0.25, 0.3) is 5.91 Å². The van der Waals surface area contributed by atoms with Crippen LogP contribution in [0.15, 0.2) is 41.1 Å². The van der Waals surface area contributed by atoms with Crippen molar-refractivity contribution in [3.05, 3.63) is 41.6 Å². The van der Waals surface area contributed by atoms with E-state index >= 15 is 0 Å². The first-order chi connectivity index (χ1) is 14.9. The molecule has 1 aromatic carbocycles. The molecule has 2 aliphatic rings. The smallest absolute Gasteiger partial charge is 0.256 e. The van der Waals surface area contributed by atoms with Gasteiger partial charge in [0.2, 0.25) is 5.91 Å². The minimum absolute atomic E-state index is 0.0358. The Hall–Kier alpha value is -3.42. The van der Waals surface area contributed by atoms with Crippen molar-refractivity contribution in [3.8, 4) is 11.5 Å². The Morgan fingerprint density at radius 3 is 2.94 bits per heavy atom. The maximum absolute atomic E-state index is 12.9. The molecule has 1 fully saturated rings. The first-order valence-corrected chi connectivity index (χ1v) is 10.2. The lowest BCUT2D eigenvalue weighted by molar-refractivity contribution is -0.120. The van der Waals surface area contributed by atoms with E-state index in [4.69, 9.17) is 9.47 Å². The second-order valence-electron chi connectivity index (χ2n) is 7.54. The zero-order chi connectivity index (χ0) is 22.4. The number of allylic oxidation sites excluding steroid dienone is 2. The molecular formula is C23H27N3O5. The Morgan fingerprint density at radius 2 is 2.19 bits per heavy atom. The number of amides is 2. The lowest BCUT2D eigenvalue weighted by Gasteiger charge is -2.20. The van der Waals surface area contributed by atoms with Gasteiger partial charge in [0.15, 0.2) is 11.5 Å². The summed E-state index contributed by atoms with van der Waals surface area (Å²) >= 11 is 0. The Labute approximate surface area is 181 Å². The maximum atomic E-state index is 12.9. The molecule has 0 aliphatic carbocycles. The highest BCUT2D eigenvalue weighted by Crippen LogP contribution is 2.38. The lowest BCUT2D eigenvalue weighted by Crippen LogP contribution is -2.35. The van der Waals surface area contributed by atoms with Crippen molar-refractivity contribution < 1.29 is 23.9 Å². The van der Waals surface area contributed by atoms with Gasteiger partial charge in [0.1, 0.15) is 6.29 Å². The fourth-order valence-corrected chi connectivity index (χ4v) is 3.62. The Balaban J connectivity index is 1.59. The Bertz CT molecular complexity index is 951. The predicted molar refractivity (Wildman–Crippen MR) is 117 cm³/mol. The van der Waals surface area contributed by atoms with Gasteiger partial charge < -0.3 is 19.7 Å². The van der Waals surface area contributed by atoms with Crippen LogP contribution >= 0.6 is 0 Å². The molecule has 31 heavy (non-hydrogen) atoms. The number of aldehydes is 1. The van der Waals surface area contributed by atoms with Gasteiger partial charge in [-0.25, -0.2) is 0 Å². The van der Waals surface area contributed by atoms with Gasteiger partial charge in [0.05, 0.1) is 31.0 Å². The van der Waals surface area contributed by atoms with Crippen LogP contribution < -0.4 is 14.8 Å². The van der Waals surface area contributed by atoms with Gasteiger partial charge in [0, 0.05) is 30.9 Å². The third-order valence-electron chi connectivity index (χ3n) is 5.15. The zero-order valence-corrected chi connectivity index (χ0v) is 17.8. The molecule has 0 spiro atoms. The minimum Gasteiger partial charge on any atom is -0.493 e. The molecule has 0 aromatic heterocycles. The summed E-state index contributed by atoms with van der Waals surface area (Å²) in [6, 6.07) is 3.41. The summed E-state index contributed by atoms with van der Waals surface area (Å²) in [5.74, 6) is 0.665. The van der Waals surface area contributed by atoms with Gasteiger partial charge in [-0.15, -0.1) is 0 Å². The first kappa shape index (κ1) is 22.3. The van der Waals surface area contributed by atoms with Crippen LogP contribution in [-0.2, 0) is 9.59 Å². The van der Waals surface area contributed by atoms with E-state index in [-0.39, 0.29) is 30.9 Å². The van der Waals surface area contributed by atoms with E-state index in [0.717, 1.165) is 19.4 Å². The van der Waals surface area contributed by atoms with E-state index < -0.39 is 0 Å². The third kappa shape index (κ3) is 5.39. The van der Waals surface area contributed by atoms with Crippen LogP contribution in [0, 0.1) is 0 Å². The standard InChI is InChI=1S/C23H27N3O5/c1-15(14-27)10-16(2)25-22(28)7-5-9-31-21-12-19-18(11-20(21)30-3)23(29)26-8-4-6-17(26)13-24-19/h10-14,17H,2,4-9H2,1,3H3,(H,25,28)/b15-10+. The number of carbonyl (C=O) groups excluding carboxylic acids is 3. The minimum atomic E-state index is -0.215. The largest absolute Gasteiger partial charge is 0.493 e. The molecule has 1 N–H and O–H groups in total. The predicted octanol–water partition coefficient (Wildman–Crippen LogP) is 2.95. The third-order valence-corrected chi connectivity index (χ3v) is 5.15. The number of rotatable bonds is 9. The molecule has 2 aliphatic heterocycles. The van der Waals surface area contributed by atoms with Gasteiger partial charge in [-0.1, -0.05) is 6.58 Å².